The summed E-state index contributed by atoms with van der Waals surface area (Å²) in [5, 5.41) is 11.5. The van der Waals surface area contributed by atoms with E-state index in [-0.39, 0.29) is 5.69 Å². The molecule has 1 aliphatic carbocycles. The molecule has 0 bridgehead atoms. The van der Waals surface area contributed by atoms with Crippen molar-refractivity contribution in [2.45, 2.75) is 13.8 Å². The monoisotopic (exact) mass is 281 g/mol. The zero-order chi connectivity index (χ0) is 15.1. The zero-order valence-corrected chi connectivity index (χ0v) is 11.4. The molecule has 2 rings (SSSR count). The first-order valence-corrected chi connectivity index (χ1v) is 6.16. The van der Waals surface area contributed by atoms with Crippen molar-refractivity contribution in [1.29, 1.82) is 0 Å². The Labute approximate surface area is 115 Å². The summed E-state index contributed by atoms with van der Waals surface area (Å²) in [6.07, 6.45) is 0. The predicted octanol–water partition coefficient (Wildman–Crippen LogP) is 2.13. The Balaban J connectivity index is 2.15. The molecule has 1 saturated carbocycles. The average Bonchev–Trinajstić information content (AvgIpc) is 2.95. The van der Waals surface area contributed by atoms with Crippen LogP contribution in [0.15, 0.2) is 18.2 Å². The number of carboxylic acid groups (broad SMARTS) is 1. The summed E-state index contributed by atoms with van der Waals surface area (Å²) in [4.78, 5) is 23.1. The first kappa shape index (κ1) is 14.3. The van der Waals surface area contributed by atoms with E-state index in [2.05, 4.69) is 5.32 Å². The lowest BCUT2D eigenvalue weighted by Gasteiger charge is -2.09. The lowest BCUT2D eigenvalue weighted by molar-refractivity contribution is -0.140. The fourth-order valence-electron chi connectivity index (χ4n) is 2.53. The van der Waals surface area contributed by atoms with Crippen LogP contribution >= 0.6 is 0 Å². The SMILES string of the molecule is COc1ccc(F)c(NC(=O)C2C(C(=O)O)C2(C)C)c1. The van der Waals surface area contributed by atoms with Crippen LogP contribution in [0.1, 0.15) is 13.8 Å². The van der Waals surface area contributed by atoms with Crippen molar-refractivity contribution in [1.82, 2.24) is 0 Å². The van der Waals surface area contributed by atoms with Gasteiger partial charge < -0.3 is 15.2 Å². The minimum absolute atomic E-state index is 0.0128. The predicted molar refractivity (Wildman–Crippen MR) is 70.0 cm³/mol. The van der Waals surface area contributed by atoms with Gasteiger partial charge in [-0.1, -0.05) is 13.8 Å². The van der Waals surface area contributed by atoms with Crippen molar-refractivity contribution in [3.05, 3.63) is 24.0 Å². The van der Waals surface area contributed by atoms with Gasteiger partial charge in [0, 0.05) is 6.07 Å². The first-order valence-electron chi connectivity index (χ1n) is 6.16. The summed E-state index contributed by atoms with van der Waals surface area (Å²) in [7, 11) is 1.43. The topological polar surface area (TPSA) is 75.6 Å². The maximum atomic E-state index is 13.6. The lowest BCUT2D eigenvalue weighted by Crippen LogP contribution is -2.18. The van der Waals surface area contributed by atoms with E-state index >= 15 is 0 Å². The van der Waals surface area contributed by atoms with E-state index < -0.39 is 34.9 Å². The molecule has 2 unspecified atom stereocenters. The molecule has 0 spiro atoms. The molecule has 1 amide bonds. The van der Waals surface area contributed by atoms with Crippen molar-refractivity contribution in [2.24, 2.45) is 17.3 Å². The summed E-state index contributed by atoms with van der Waals surface area (Å²) in [6, 6.07) is 3.98. The second-order valence-electron chi connectivity index (χ2n) is 5.45. The molecule has 0 aliphatic heterocycles. The van der Waals surface area contributed by atoms with Crippen molar-refractivity contribution in [2.75, 3.05) is 12.4 Å². The van der Waals surface area contributed by atoms with Crippen molar-refractivity contribution < 1.29 is 23.8 Å². The largest absolute Gasteiger partial charge is 0.497 e. The van der Waals surface area contributed by atoms with Gasteiger partial charge in [-0.3, -0.25) is 9.59 Å². The Morgan fingerprint density at radius 2 is 2.00 bits per heavy atom. The number of benzene rings is 1. The Kier molecular flexibility index (Phi) is 3.41. The second-order valence-corrected chi connectivity index (χ2v) is 5.45. The average molecular weight is 281 g/mol. The zero-order valence-electron chi connectivity index (χ0n) is 11.4. The molecule has 20 heavy (non-hydrogen) atoms. The molecule has 1 fully saturated rings. The van der Waals surface area contributed by atoms with Gasteiger partial charge in [0.05, 0.1) is 24.6 Å². The second kappa shape index (κ2) is 4.77. The highest BCUT2D eigenvalue weighted by atomic mass is 19.1. The summed E-state index contributed by atoms with van der Waals surface area (Å²) in [6.45, 7) is 3.41. The van der Waals surface area contributed by atoms with E-state index in [9.17, 15) is 14.0 Å². The standard InChI is InChI=1S/C14H16FNO4/c1-14(2)10(11(14)13(18)19)12(17)16-9-6-7(20-3)4-5-8(9)15/h4-6,10-11H,1-3H3,(H,16,17)(H,18,19). The van der Waals surface area contributed by atoms with Gasteiger partial charge in [0.1, 0.15) is 11.6 Å². The number of carboxylic acids is 1. The minimum Gasteiger partial charge on any atom is -0.497 e. The van der Waals surface area contributed by atoms with Gasteiger partial charge in [-0.05, 0) is 17.5 Å². The van der Waals surface area contributed by atoms with Crippen molar-refractivity contribution >= 4 is 17.6 Å². The fourth-order valence-corrected chi connectivity index (χ4v) is 2.53. The number of rotatable bonds is 4. The Bertz CT molecular complexity index is 570. The maximum Gasteiger partial charge on any atom is 0.307 e. The number of nitrogens with one attached hydrogen (secondary N) is 1. The van der Waals surface area contributed by atoms with Gasteiger partial charge in [-0.15, -0.1) is 0 Å². The number of halogens is 1. The van der Waals surface area contributed by atoms with Crippen LogP contribution in [0.3, 0.4) is 0 Å². The van der Waals surface area contributed by atoms with E-state index in [1.165, 1.54) is 25.3 Å². The Hall–Kier alpha value is -2.11. The van der Waals surface area contributed by atoms with Gasteiger partial charge in [0.15, 0.2) is 0 Å². The van der Waals surface area contributed by atoms with E-state index in [0.717, 1.165) is 0 Å². The Morgan fingerprint density at radius 1 is 1.35 bits per heavy atom. The summed E-state index contributed by atoms with van der Waals surface area (Å²) in [5.74, 6) is -3.09. The molecule has 108 valence electrons. The van der Waals surface area contributed by atoms with Gasteiger partial charge in [0.25, 0.3) is 0 Å². The molecule has 6 heteroatoms. The Morgan fingerprint density at radius 3 is 2.50 bits per heavy atom. The van der Waals surface area contributed by atoms with E-state index in [4.69, 9.17) is 9.84 Å². The van der Waals surface area contributed by atoms with Crippen LogP contribution in [0, 0.1) is 23.1 Å². The molecule has 1 aromatic rings. The van der Waals surface area contributed by atoms with E-state index in [1.807, 2.05) is 0 Å². The van der Waals surface area contributed by atoms with Crippen LogP contribution in [0.5, 0.6) is 5.75 Å². The third-order valence-electron chi connectivity index (χ3n) is 3.81. The van der Waals surface area contributed by atoms with Crippen LogP contribution in [0.25, 0.3) is 0 Å². The number of hydrogen-bond acceptors (Lipinski definition) is 3. The molecule has 5 nitrogen and oxygen atoms in total. The maximum absolute atomic E-state index is 13.6. The summed E-state index contributed by atoms with van der Waals surface area (Å²) >= 11 is 0. The molecule has 0 radical (unpaired) electrons. The van der Waals surface area contributed by atoms with Gasteiger partial charge in [-0.25, -0.2) is 4.39 Å². The minimum atomic E-state index is -1.01. The number of carbonyl (C=O) groups is 2. The van der Waals surface area contributed by atoms with E-state index in [1.54, 1.807) is 13.8 Å². The van der Waals surface area contributed by atoms with Gasteiger partial charge in [-0.2, -0.15) is 0 Å². The number of hydrogen-bond donors (Lipinski definition) is 2. The number of aliphatic carboxylic acids is 1. The number of ether oxygens (including phenoxy) is 1. The molecule has 0 aromatic heterocycles. The van der Waals surface area contributed by atoms with Crippen LogP contribution < -0.4 is 10.1 Å². The normalized spacial score (nSPS) is 23.0. The highest BCUT2D eigenvalue weighted by Gasteiger charge is 2.65. The highest BCUT2D eigenvalue weighted by molar-refractivity contribution is 5.99. The number of carbonyl (C=O) groups excluding carboxylic acids is 1. The molecule has 1 aliphatic rings. The number of amides is 1. The fraction of sp³-hybridized carbons (Fsp3) is 0.429. The van der Waals surface area contributed by atoms with Crippen molar-refractivity contribution in [3.63, 3.8) is 0 Å². The van der Waals surface area contributed by atoms with Crippen LogP contribution in [0.4, 0.5) is 10.1 Å². The molecule has 0 saturated heterocycles. The quantitative estimate of drug-likeness (QED) is 0.886. The molecule has 0 heterocycles. The number of anilines is 1. The molecular formula is C14H16FNO4. The number of methoxy groups -OCH3 is 1. The smallest absolute Gasteiger partial charge is 0.307 e. The third-order valence-corrected chi connectivity index (χ3v) is 3.81. The van der Waals surface area contributed by atoms with Gasteiger partial charge >= 0.3 is 5.97 Å². The molecule has 2 N–H and O–H groups in total. The van der Waals surface area contributed by atoms with Crippen LogP contribution in [0.2, 0.25) is 0 Å². The van der Waals surface area contributed by atoms with Crippen LogP contribution in [-0.2, 0) is 9.59 Å². The van der Waals surface area contributed by atoms with Gasteiger partial charge in [0.2, 0.25) is 5.91 Å². The molecule has 1 aromatic carbocycles. The highest BCUT2D eigenvalue weighted by Crippen LogP contribution is 2.58. The summed E-state index contributed by atoms with van der Waals surface area (Å²) < 4.78 is 18.6. The molecule has 2 atom stereocenters. The lowest BCUT2D eigenvalue weighted by atomic mass is 10.1. The van der Waals surface area contributed by atoms with E-state index in [0.29, 0.717) is 5.75 Å². The molecular weight excluding hydrogens is 265 g/mol. The van der Waals surface area contributed by atoms with Crippen LogP contribution in [-0.4, -0.2) is 24.1 Å². The van der Waals surface area contributed by atoms with Crippen molar-refractivity contribution in [3.8, 4) is 5.75 Å². The third kappa shape index (κ3) is 2.33. The summed E-state index contributed by atoms with van der Waals surface area (Å²) in [5.41, 5.74) is -0.633. The first-order chi connectivity index (χ1) is 9.28.